The van der Waals surface area contributed by atoms with Crippen molar-refractivity contribution < 1.29 is 14.0 Å². The van der Waals surface area contributed by atoms with Crippen LogP contribution in [0.5, 0.6) is 0 Å². The third-order valence-electron chi connectivity index (χ3n) is 3.11. The second-order valence-corrected chi connectivity index (χ2v) is 4.63. The first-order chi connectivity index (χ1) is 10.2. The summed E-state index contributed by atoms with van der Waals surface area (Å²) in [5, 5.41) is 5.41. The molecule has 21 heavy (non-hydrogen) atoms. The fourth-order valence-corrected chi connectivity index (χ4v) is 1.90. The van der Waals surface area contributed by atoms with E-state index in [-0.39, 0.29) is 11.8 Å². The molecule has 1 aromatic carbocycles. The van der Waals surface area contributed by atoms with E-state index in [1.807, 2.05) is 18.2 Å². The Bertz CT molecular complexity index is 588. The number of hydrogen-bond acceptors (Lipinski definition) is 3. The number of benzene rings is 1. The molecular formula is C16H18N2O3. The first kappa shape index (κ1) is 14.8. The molecule has 0 aliphatic rings. The molecule has 0 spiro atoms. The molecule has 0 aliphatic heterocycles. The van der Waals surface area contributed by atoms with Crippen LogP contribution < -0.4 is 10.6 Å². The van der Waals surface area contributed by atoms with E-state index in [9.17, 15) is 9.59 Å². The van der Waals surface area contributed by atoms with Gasteiger partial charge < -0.3 is 15.1 Å². The summed E-state index contributed by atoms with van der Waals surface area (Å²) >= 11 is 0. The molecule has 0 bridgehead atoms. The molecule has 0 saturated carbocycles. The molecule has 0 radical (unpaired) electrons. The lowest BCUT2D eigenvalue weighted by atomic mass is 10.1. The zero-order valence-corrected chi connectivity index (χ0v) is 11.9. The maximum absolute atomic E-state index is 11.7. The maximum atomic E-state index is 11.7. The van der Waals surface area contributed by atoms with Crippen LogP contribution in [0.4, 0.5) is 0 Å². The van der Waals surface area contributed by atoms with Crippen molar-refractivity contribution in [2.45, 2.75) is 19.4 Å². The molecule has 2 rings (SSSR count). The molecular weight excluding hydrogens is 268 g/mol. The van der Waals surface area contributed by atoms with Crippen LogP contribution in [0.25, 0.3) is 0 Å². The number of hydrogen-bond donors (Lipinski definition) is 2. The van der Waals surface area contributed by atoms with Gasteiger partial charge in [-0.25, -0.2) is 0 Å². The third kappa shape index (κ3) is 4.49. The minimum absolute atomic E-state index is 0.0261. The number of nitrogens with one attached hydrogen (secondary N) is 2. The van der Waals surface area contributed by atoms with Crippen molar-refractivity contribution in [2.75, 3.05) is 7.05 Å². The number of rotatable bonds is 6. The lowest BCUT2D eigenvalue weighted by molar-refractivity contribution is -0.121. The monoisotopic (exact) mass is 286 g/mol. The van der Waals surface area contributed by atoms with Crippen molar-refractivity contribution >= 4 is 11.8 Å². The number of carbonyl (C=O) groups is 2. The number of furan rings is 1. The van der Waals surface area contributed by atoms with Gasteiger partial charge in [0.05, 0.1) is 6.26 Å². The Hall–Kier alpha value is -2.56. The predicted octanol–water partition coefficient (Wildman–Crippen LogP) is 1.89. The highest BCUT2D eigenvalue weighted by atomic mass is 16.3. The van der Waals surface area contributed by atoms with Gasteiger partial charge in [-0.15, -0.1) is 0 Å². The Morgan fingerprint density at radius 1 is 1.14 bits per heavy atom. The van der Waals surface area contributed by atoms with Crippen LogP contribution in [-0.4, -0.2) is 18.9 Å². The van der Waals surface area contributed by atoms with Crippen molar-refractivity contribution in [3.63, 3.8) is 0 Å². The third-order valence-corrected chi connectivity index (χ3v) is 3.11. The topological polar surface area (TPSA) is 71.3 Å². The van der Waals surface area contributed by atoms with Crippen molar-refractivity contribution in [2.24, 2.45) is 0 Å². The van der Waals surface area contributed by atoms with Gasteiger partial charge in [0.25, 0.3) is 5.91 Å². The smallest absolute Gasteiger partial charge is 0.251 e. The average Bonchev–Trinajstić information content (AvgIpc) is 3.04. The Morgan fingerprint density at radius 2 is 1.90 bits per heavy atom. The molecule has 1 aromatic heterocycles. The Morgan fingerprint density at radius 3 is 2.52 bits per heavy atom. The number of carbonyl (C=O) groups excluding carboxylic acids is 2. The van der Waals surface area contributed by atoms with Crippen molar-refractivity contribution in [1.29, 1.82) is 0 Å². The normalized spacial score (nSPS) is 10.1. The van der Waals surface area contributed by atoms with E-state index >= 15 is 0 Å². The first-order valence-corrected chi connectivity index (χ1v) is 6.79. The van der Waals surface area contributed by atoms with Gasteiger partial charge in [-0.05, 0) is 29.8 Å². The number of aryl methyl sites for hydroxylation is 1. The minimum Gasteiger partial charge on any atom is -0.469 e. The summed E-state index contributed by atoms with van der Waals surface area (Å²) in [4.78, 5) is 23.1. The van der Waals surface area contributed by atoms with Crippen molar-refractivity contribution in [3.05, 3.63) is 59.5 Å². The second-order valence-electron chi connectivity index (χ2n) is 4.63. The molecule has 1 heterocycles. The summed E-state index contributed by atoms with van der Waals surface area (Å²) in [7, 11) is 1.59. The zero-order chi connectivity index (χ0) is 15.1. The maximum Gasteiger partial charge on any atom is 0.251 e. The summed E-state index contributed by atoms with van der Waals surface area (Å²) in [6.45, 7) is 0.449. The second kappa shape index (κ2) is 7.28. The quantitative estimate of drug-likeness (QED) is 0.852. The van der Waals surface area contributed by atoms with E-state index in [4.69, 9.17) is 4.42 Å². The molecule has 0 atom stereocenters. The van der Waals surface area contributed by atoms with E-state index in [2.05, 4.69) is 10.6 Å². The Labute approximate surface area is 123 Å². The average molecular weight is 286 g/mol. The van der Waals surface area contributed by atoms with Gasteiger partial charge >= 0.3 is 0 Å². The fourth-order valence-electron chi connectivity index (χ4n) is 1.90. The highest BCUT2D eigenvalue weighted by molar-refractivity contribution is 5.93. The van der Waals surface area contributed by atoms with Gasteiger partial charge in [0.1, 0.15) is 5.76 Å². The summed E-state index contributed by atoms with van der Waals surface area (Å²) in [5.41, 5.74) is 1.55. The van der Waals surface area contributed by atoms with E-state index in [0.717, 1.165) is 11.3 Å². The SMILES string of the molecule is CNC(=O)c1ccc(CNC(=O)CCc2ccco2)cc1. The highest BCUT2D eigenvalue weighted by Gasteiger charge is 2.05. The molecule has 0 unspecified atom stereocenters. The first-order valence-electron chi connectivity index (χ1n) is 6.79. The largest absolute Gasteiger partial charge is 0.469 e. The predicted molar refractivity (Wildman–Crippen MR) is 78.7 cm³/mol. The molecule has 5 nitrogen and oxygen atoms in total. The summed E-state index contributed by atoms with van der Waals surface area (Å²) in [6, 6.07) is 10.8. The van der Waals surface area contributed by atoms with Crippen molar-refractivity contribution in [3.8, 4) is 0 Å². The van der Waals surface area contributed by atoms with E-state index in [0.29, 0.717) is 24.9 Å². The highest BCUT2D eigenvalue weighted by Crippen LogP contribution is 2.06. The van der Waals surface area contributed by atoms with Gasteiger partial charge in [0.15, 0.2) is 0 Å². The van der Waals surface area contributed by atoms with Gasteiger partial charge in [-0.2, -0.15) is 0 Å². The Balaban J connectivity index is 1.77. The fraction of sp³-hybridized carbons (Fsp3) is 0.250. The molecule has 2 aromatic rings. The van der Waals surface area contributed by atoms with E-state index in [1.165, 1.54) is 0 Å². The molecule has 110 valence electrons. The molecule has 0 saturated heterocycles. The van der Waals surface area contributed by atoms with Gasteiger partial charge in [-0.1, -0.05) is 12.1 Å². The van der Waals surface area contributed by atoms with Crippen molar-refractivity contribution in [1.82, 2.24) is 10.6 Å². The number of amides is 2. The van der Waals surface area contributed by atoms with Crippen LogP contribution >= 0.6 is 0 Å². The molecule has 0 aliphatic carbocycles. The molecule has 5 heteroatoms. The summed E-state index contributed by atoms with van der Waals surface area (Å²) in [6.07, 6.45) is 2.58. The van der Waals surface area contributed by atoms with Crippen LogP contribution in [0.15, 0.2) is 47.1 Å². The minimum atomic E-state index is -0.121. The van der Waals surface area contributed by atoms with Crippen LogP contribution in [0.1, 0.15) is 28.1 Å². The lowest BCUT2D eigenvalue weighted by Gasteiger charge is -2.06. The Kier molecular flexibility index (Phi) is 5.15. The molecule has 0 fully saturated rings. The summed E-state index contributed by atoms with van der Waals surface area (Å²) < 4.78 is 5.18. The lowest BCUT2D eigenvalue weighted by Crippen LogP contribution is -2.23. The van der Waals surface area contributed by atoms with Crippen LogP contribution in [-0.2, 0) is 17.8 Å². The van der Waals surface area contributed by atoms with Gasteiger partial charge in [0.2, 0.25) is 5.91 Å². The van der Waals surface area contributed by atoms with E-state index in [1.54, 1.807) is 31.5 Å². The van der Waals surface area contributed by atoms with Crippen LogP contribution in [0, 0.1) is 0 Å². The van der Waals surface area contributed by atoms with Gasteiger partial charge in [-0.3, -0.25) is 9.59 Å². The van der Waals surface area contributed by atoms with E-state index < -0.39 is 0 Å². The standard InChI is InChI=1S/C16H18N2O3/c1-17-16(20)13-6-4-12(5-7-13)11-18-15(19)9-8-14-3-2-10-21-14/h2-7,10H,8-9,11H2,1H3,(H,17,20)(H,18,19). The van der Waals surface area contributed by atoms with Gasteiger partial charge in [0, 0.05) is 32.0 Å². The molecule has 2 amide bonds. The molecule has 2 N–H and O–H groups in total. The zero-order valence-electron chi connectivity index (χ0n) is 11.9. The van der Waals surface area contributed by atoms with Crippen LogP contribution in [0.2, 0.25) is 0 Å². The summed E-state index contributed by atoms with van der Waals surface area (Å²) in [5.74, 6) is 0.658. The van der Waals surface area contributed by atoms with Crippen LogP contribution in [0.3, 0.4) is 0 Å².